The molecule has 380 valence electrons. The van der Waals surface area contributed by atoms with Gasteiger partial charge in [0.25, 0.3) is 17.7 Å². The summed E-state index contributed by atoms with van der Waals surface area (Å²) in [5, 5.41) is 14.7. The highest BCUT2D eigenvalue weighted by Crippen LogP contribution is 2.33. The number of hydrogen-bond acceptors (Lipinski definition) is 14. The van der Waals surface area contributed by atoms with Crippen molar-refractivity contribution in [2.24, 2.45) is 5.73 Å². The number of carbonyl (C=O) groups excluding carboxylic acids is 5. The van der Waals surface area contributed by atoms with E-state index in [1.165, 1.54) is 26.4 Å². The maximum Gasteiger partial charge on any atom is 0.410 e. The number of nitrogens with zero attached hydrogens (tertiary/aromatic N) is 10. The summed E-state index contributed by atoms with van der Waals surface area (Å²) in [7, 11) is 2.78. The molecule has 1 aliphatic heterocycles. The largest absolute Gasteiger partial charge is 0.494 e. The number of ether oxygens (including phenoxy) is 3. The van der Waals surface area contributed by atoms with E-state index in [2.05, 4.69) is 43.1 Å². The Kier molecular flexibility index (Phi) is 15.9. The van der Waals surface area contributed by atoms with Crippen LogP contribution in [0.5, 0.6) is 11.5 Å². The smallest absolute Gasteiger partial charge is 0.410 e. The summed E-state index contributed by atoms with van der Waals surface area (Å²) in [5.74, 6) is 4.87. The van der Waals surface area contributed by atoms with Crippen LogP contribution in [0, 0.1) is 25.7 Å². The van der Waals surface area contributed by atoms with Crippen LogP contribution in [0.2, 0.25) is 0 Å². The molecule has 0 unspecified atom stereocenters. The molecule has 72 heavy (non-hydrogen) atoms. The fourth-order valence-corrected chi connectivity index (χ4v) is 8.07. The summed E-state index contributed by atoms with van der Waals surface area (Å²) >= 11 is 0. The highest BCUT2D eigenvalue weighted by Gasteiger charge is 2.27. The lowest BCUT2D eigenvalue weighted by atomic mass is 10.1. The van der Waals surface area contributed by atoms with Crippen LogP contribution in [0.25, 0.3) is 22.1 Å². The number of hydroxylamine groups is 1. The molecule has 5 heterocycles. The first-order chi connectivity index (χ1) is 34.4. The average molecular weight is 989 g/mol. The molecule has 5 amide bonds. The van der Waals surface area contributed by atoms with Crippen molar-refractivity contribution in [3.63, 3.8) is 0 Å². The summed E-state index contributed by atoms with van der Waals surface area (Å²) in [6.07, 6.45) is 3.31. The zero-order valence-electron chi connectivity index (χ0n) is 41.9. The second-order valence-electron chi connectivity index (χ2n) is 17.7. The van der Waals surface area contributed by atoms with Gasteiger partial charge in [0.2, 0.25) is 17.8 Å². The number of nitrogens with one attached hydrogen (secondary N) is 3. The summed E-state index contributed by atoms with van der Waals surface area (Å²) in [5.41, 5.74) is 11.4. The van der Waals surface area contributed by atoms with Crippen LogP contribution < -0.4 is 31.3 Å². The number of amides is 5. The lowest BCUT2D eigenvalue weighted by molar-refractivity contribution is 0.0155. The number of imidazole rings is 2. The lowest BCUT2D eigenvalue weighted by Gasteiger charge is -2.34. The Morgan fingerprint density at radius 2 is 1.25 bits per heavy atom. The molecule has 0 saturated carbocycles. The lowest BCUT2D eigenvalue weighted by Crippen LogP contribution is -2.50. The first kappa shape index (κ1) is 51.6. The molecule has 6 aromatic rings. The molecule has 1 aliphatic rings. The van der Waals surface area contributed by atoms with Gasteiger partial charge in [-0.15, -0.1) is 0 Å². The Labute approximate surface area is 415 Å². The quantitative estimate of drug-likeness (QED) is 0.0556. The van der Waals surface area contributed by atoms with E-state index >= 15 is 0 Å². The van der Waals surface area contributed by atoms with Gasteiger partial charge in [0.05, 0.1) is 43.2 Å². The highest BCUT2D eigenvalue weighted by atomic mass is 16.6. The third-order valence-electron chi connectivity index (χ3n) is 11.4. The molecule has 7 rings (SSSR count). The first-order valence-corrected chi connectivity index (χ1v) is 23.3. The Hall–Kier alpha value is -8.23. The Morgan fingerprint density at radius 3 is 1.75 bits per heavy atom. The van der Waals surface area contributed by atoms with Gasteiger partial charge >= 0.3 is 6.09 Å². The monoisotopic (exact) mass is 988 g/mol. The van der Waals surface area contributed by atoms with Crippen molar-refractivity contribution in [3.05, 3.63) is 82.5 Å². The van der Waals surface area contributed by atoms with Crippen LogP contribution in [-0.2, 0) is 35.8 Å². The van der Waals surface area contributed by atoms with Gasteiger partial charge in [0, 0.05) is 63.5 Å². The number of aromatic nitrogens is 8. The van der Waals surface area contributed by atoms with Crippen molar-refractivity contribution in [1.82, 2.24) is 53.9 Å². The molecule has 23 heteroatoms. The number of nitrogens with two attached hydrogens (primary N) is 1. The van der Waals surface area contributed by atoms with Gasteiger partial charge in [-0.25, -0.2) is 20.2 Å². The molecule has 1 fully saturated rings. The van der Waals surface area contributed by atoms with Crippen molar-refractivity contribution in [3.8, 4) is 23.3 Å². The molecule has 0 radical (unpaired) electrons. The zero-order valence-corrected chi connectivity index (χ0v) is 41.9. The van der Waals surface area contributed by atoms with Crippen LogP contribution in [0.1, 0.15) is 87.7 Å². The number of carbonyl (C=O) groups is 5. The van der Waals surface area contributed by atoms with Crippen molar-refractivity contribution >= 4 is 63.7 Å². The average Bonchev–Trinajstić information content (AvgIpc) is 4.11. The van der Waals surface area contributed by atoms with Gasteiger partial charge in [-0.1, -0.05) is 24.0 Å². The molecular formula is C49H60N14O9. The minimum Gasteiger partial charge on any atom is -0.494 e. The fraction of sp³-hybridized carbons (Fsp3) is 0.408. The molecule has 0 atom stereocenters. The van der Waals surface area contributed by atoms with E-state index in [1.807, 2.05) is 46.8 Å². The highest BCUT2D eigenvalue weighted by molar-refractivity contribution is 6.05. The Bertz CT molecular complexity index is 3120. The molecular weight excluding hydrogens is 929 g/mol. The molecule has 23 nitrogen and oxygen atoms in total. The number of benzene rings is 2. The Balaban J connectivity index is 1.21. The molecule has 0 spiro atoms. The van der Waals surface area contributed by atoms with Gasteiger partial charge in [0.15, 0.2) is 0 Å². The van der Waals surface area contributed by atoms with Gasteiger partial charge in [-0.05, 0) is 84.9 Å². The van der Waals surface area contributed by atoms with E-state index in [0.29, 0.717) is 96.4 Å². The van der Waals surface area contributed by atoms with E-state index in [9.17, 15) is 24.0 Å². The predicted octanol–water partition coefficient (Wildman–Crippen LogP) is 4.53. The number of aryl methyl sites for hydroxylation is 4. The van der Waals surface area contributed by atoms with Crippen LogP contribution in [-0.4, -0.2) is 137 Å². The maximum atomic E-state index is 13.9. The van der Waals surface area contributed by atoms with E-state index in [1.54, 1.807) is 61.5 Å². The van der Waals surface area contributed by atoms with Crippen LogP contribution in [0.15, 0.2) is 48.6 Å². The second-order valence-corrected chi connectivity index (χ2v) is 17.7. The number of allylic oxidation sites excluding steroid dienone is 2. The number of rotatable bonds is 17. The number of fused-ring (bicyclic) bond motifs is 2. The molecule has 0 bridgehead atoms. The van der Waals surface area contributed by atoms with Crippen molar-refractivity contribution < 1.29 is 43.0 Å². The first-order valence-electron chi connectivity index (χ1n) is 23.3. The molecule has 2 aromatic carbocycles. The van der Waals surface area contributed by atoms with Gasteiger partial charge in [-0.2, -0.15) is 10.2 Å². The Morgan fingerprint density at radius 1 is 0.722 bits per heavy atom. The SMILES string of the molecule is CCn1nc(C)cc1C(=O)Nc1nc2cc(C(=O)NOC)cc(OC)c2n1C/C=C/Cn1c(NC(=O)c2cc(C)nn2CC)nc2cc(C(N)=O)cc(OCC#CCN3CCN(C(=O)OC(C)(C)C)CC3)c21. The van der Waals surface area contributed by atoms with Crippen LogP contribution in [0.4, 0.5) is 16.7 Å². The van der Waals surface area contributed by atoms with Gasteiger partial charge in [-0.3, -0.25) is 48.9 Å². The molecule has 0 aliphatic carbocycles. The summed E-state index contributed by atoms with van der Waals surface area (Å²) in [6.45, 7) is 16.6. The normalized spacial score (nSPS) is 13.0. The number of piperazine rings is 1. The van der Waals surface area contributed by atoms with E-state index in [0.717, 1.165) is 0 Å². The third-order valence-corrected chi connectivity index (χ3v) is 11.4. The molecule has 5 N–H and O–H groups in total. The molecule has 1 saturated heterocycles. The number of primary amides is 1. The van der Waals surface area contributed by atoms with Crippen molar-refractivity contribution in [2.75, 3.05) is 64.2 Å². The van der Waals surface area contributed by atoms with E-state index in [-0.39, 0.29) is 54.6 Å². The number of anilines is 2. The fourth-order valence-electron chi connectivity index (χ4n) is 8.07. The zero-order chi connectivity index (χ0) is 51.9. The summed E-state index contributed by atoms with van der Waals surface area (Å²) in [4.78, 5) is 84.0. The summed E-state index contributed by atoms with van der Waals surface area (Å²) in [6, 6.07) is 9.49. The number of hydrogen-bond donors (Lipinski definition) is 4. The van der Waals surface area contributed by atoms with Crippen molar-refractivity contribution in [1.29, 1.82) is 0 Å². The van der Waals surface area contributed by atoms with Crippen LogP contribution in [0.3, 0.4) is 0 Å². The molecule has 4 aromatic heterocycles. The minimum atomic E-state index is -0.715. The summed E-state index contributed by atoms with van der Waals surface area (Å²) < 4.78 is 24.2. The standard InChI is InChI=1S/C49H60N14O9/c1-10-62-36(24-30(3)55-62)44(66)53-46-52-35-27-33(43(65)57-70-9)29-38(69-8)40(35)60(46)17-12-13-18-61-41-34(51-47(61)54-45(67)37-25-31(4)56-63(37)11-2)26-32(42(50)64)28-39(41)71-23-15-14-16-58-19-21-59(22-20-58)48(68)72-49(5,6)7/h12-13,24-29H,10-11,16-23H2,1-9H3,(H2,50,64)(H,57,65)(H,51,54,67)(H,52,53,66)/b13-12+. The van der Waals surface area contributed by atoms with Crippen LogP contribution >= 0.6 is 0 Å². The van der Waals surface area contributed by atoms with Gasteiger partial charge in [0.1, 0.15) is 46.1 Å². The third kappa shape index (κ3) is 11.8. The van der Waals surface area contributed by atoms with Crippen molar-refractivity contribution in [2.45, 2.75) is 80.2 Å². The second kappa shape index (κ2) is 22.2. The predicted molar refractivity (Wildman–Crippen MR) is 267 cm³/mol. The minimum absolute atomic E-state index is 0.0651. The van der Waals surface area contributed by atoms with Gasteiger partial charge < -0.3 is 34.0 Å². The maximum absolute atomic E-state index is 13.9. The number of methoxy groups -OCH3 is 1. The van der Waals surface area contributed by atoms with E-state index < -0.39 is 29.2 Å². The van der Waals surface area contributed by atoms with E-state index in [4.69, 9.17) is 34.7 Å². The topological polar surface area (TPSA) is 262 Å².